The van der Waals surface area contributed by atoms with Crippen molar-refractivity contribution in [2.75, 3.05) is 0 Å². The molecule has 36 valence electrons. The van der Waals surface area contributed by atoms with Crippen LogP contribution < -0.4 is 5.26 Å². The van der Waals surface area contributed by atoms with Gasteiger partial charge in [-0.15, -0.1) is 0 Å². The maximum absolute atomic E-state index is 9.48. The van der Waals surface area contributed by atoms with E-state index in [4.69, 9.17) is 5.26 Å². The van der Waals surface area contributed by atoms with Crippen LogP contribution in [0.3, 0.4) is 0 Å². The van der Waals surface area contributed by atoms with Crippen LogP contribution in [-0.2, 0) is 9.93 Å². The lowest BCUT2D eigenvalue weighted by Gasteiger charge is -1.97. The van der Waals surface area contributed by atoms with Crippen molar-refractivity contribution >= 4 is 26.6 Å². The van der Waals surface area contributed by atoms with E-state index < -0.39 is 3.98 Å². The predicted octanol–water partition coefficient (Wildman–Crippen LogP) is -0.235. The lowest BCUT2D eigenvalue weighted by molar-refractivity contribution is -0.784. The van der Waals surface area contributed by atoms with Gasteiger partial charge in [-0.3, -0.25) is 4.89 Å². The molecule has 0 aliphatic rings. The first-order valence-corrected chi connectivity index (χ1v) is 2.01. The first kappa shape index (κ1) is 6.12. The molecule has 0 unspecified atom stereocenters. The Morgan fingerprint density at radius 2 is 2.33 bits per heavy atom. The molecule has 0 aliphatic heterocycles. The van der Waals surface area contributed by atoms with Crippen LogP contribution in [0.2, 0.25) is 0 Å². The van der Waals surface area contributed by atoms with Crippen molar-refractivity contribution in [3.8, 4) is 0 Å². The predicted molar refractivity (Wildman–Crippen MR) is 21.6 cm³/mol. The van der Waals surface area contributed by atoms with Crippen molar-refractivity contribution < 1.29 is 20.0 Å². The van der Waals surface area contributed by atoms with Gasteiger partial charge in [-0.1, -0.05) is 0 Å². The van der Waals surface area contributed by atoms with Gasteiger partial charge in [0, 0.05) is 0 Å². The van der Waals surface area contributed by atoms with Gasteiger partial charge in [0.1, 0.15) is 0 Å². The maximum Gasteiger partial charge on any atom is 0.399 e. The number of rotatable bonds is 1. The highest BCUT2D eigenvalue weighted by Gasteiger charge is 1.85. The zero-order valence-electron chi connectivity index (χ0n) is 2.51. The Morgan fingerprint density at radius 1 is 1.83 bits per heavy atom. The van der Waals surface area contributed by atoms with Gasteiger partial charge in [0.25, 0.3) is 0 Å². The van der Waals surface area contributed by atoms with Crippen LogP contribution >= 0.6 is 22.6 Å². The van der Waals surface area contributed by atoms with E-state index in [9.17, 15) is 4.79 Å². The molecule has 0 aliphatic carbocycles. The van der Waals surface area contributed by atoms with Gasteiger partial charge in [0.15, 0.2) is 0 Å². The number of halogens is 1. The quantitative estimate of drug-likeness (QED) is 0.255. The lowest BCUT2D eigenvalue weighted by Crippen LogP contribution is -2.06. The molecule has 0 bridgehead atoms. The number of hydrogen-bond acceptors (Lipinski definition) is 4. The second-order valence-corrected chi connectivity index (χ2v) is 1.27. The summed E-state index contributed by atoms with van der Waals surface area (Å²) in [5.74, 6) is 0. The molecule has 0 spiro atoms. The van der Waals surface area contributed by atoms with Crippen molar-refractivity contribution in [1.29, 1.82) is 0 Å². The zero-order valence-corrected chi connectivity index (χ0v) is 4.67. The summed E-state index contributed by atoms with van der Waals surface area (Å²) < 4.78 is -0.775. The summed E-state index contributed by atoms with van der Waals surface area (Å²) in [5, 5.41) is 11.5. The highest BCUT2D eigenvalue weighted by molar-refractivity contribution is 14.1. The van der Waals surface area contributed by atoms with E-state index in [0.29, 0.717) is 0 Å². The summed E-state index contributed by atoms with van der Waals surface area (Å²) in [4.78, 5) is 12.8. The van der Waals surface area contributed by atoms with Crippen LogP contribution in [0.5, 0.6) is 0 Å². The molecule has 0 radical (unpaired) electrons. The van der Waals surface area contributed by atoms with Crippen molar-refractivity contribution in [3.63, 3.8) is 0 Å². The largest absolute Gasteiger partial charge is 0.681 e. The monoisotopic (exact) mass is 203 g/mol. The van der Waals surface area contributed by atoms with Crippen molar-refractivity contribution in [2.45, 2.75) is 0 Å². The Balaban J connectivity index is 2.83. The second-order valence-electron chi connectivity index (χ2n) is 0.389. The average Bonchev–Trinajstić information content (AvgIpc) is 1.35. The topological polar surface area (TPSA) is 58.6 Å². The highest BCUT2D eigenvalue weighted by Crippen LogP contribution is 1.87. The molecule has 0 N–H and O–H groups in total. The first-order valence-electron chi connectivity index (χ1n) is 0.931. The molecule has 5 heteroatoms. The molecular weight excluding hydrogens is 203 g/mol. The smallest absolute Gasteiger partial charge is 0.399 e. The van der Waals surface area contributed by atoms with E-state index in [-0.39, 0.29) is 0 Å². The molecule has 0 aromatic carbocycles. The maximum atomic E-state index is 9.48. The molecule has 0 heterocycles. The third kappa shape index (κ3) is 4.12. The van der Waals surface area contributed by atoms with E-state index in [1.54, 1.807) is 0 Å². The van der Waals surface area contributed by atoms with Gasteiger partial charge < -0.3 is 5.26 Å². The molecule has 0 amide bonds. The zero-order chi connectivity index (χ0) is 4.99. The number of carbonyl (C=O) groups excluding carboxylic acids is 1. The normalized spacial score (nSPS) is 7.67. The molecular formula is CIO4-. The van der Waals surface area contributed by atoms with Crippen LogP contribution in [-0.4, -0.2) is 3.98 Å². The molecule has 0 saturated heterocycles. The molecule has 6 heavy (non-hydrogen) atoms. The van der Waals surface area contributed by atoms with Gasteiger partial charge in [-0.25, -0.2) is 9.83 Å². The molecule has 0 rings (SSSR count). The van der Waals surface area contributed by atoms with Crippen molar-refractivity contribution in [1.82, 2.24) is 0 Å². The summed E-state index contributed by atoms with van der Waals surface area (Å²) in [6, 6.07) is 0. The van der Waals surface area contributed by atoms with Gasteiger partial charge in [-0.05, 0) is 0 Å². The van der Waals surface area contributed by atoms with Crippen LogP contribution in [0.25, 0.3) is 0 Å². The van der Waals surface area contributed by atoms with Gasteiger partial charge >= 0.3 is 3.98 Å². The standard InChI is InChI=1S/CHIO4/c2-1(3)5-6-4/h4H/p-1. The van der Waals surface area contributed by atoms with E-state index in [2.05, 4.69) is 9.93 Å². The molecule has 0 saturated carbocycles. The molecule has 0 fully saturated rings. The summed E-state index contributed by atoms with van der Waals surface area (Å²) in [7, 11) is 0. The highest BCUT2D eigenvalue weighted by atomic mass is 127. The van der Waals surface area contributed by atoms with Crippen molar-refractivity contribution in [2.24, 2.45) is 0 Å². The van der Waals surface area contributed by atoms with Gasteiger partial charge in [-0.2, -0.15) is 0 Å². The Kier molecular flexibility index (Phi) is 3.38. The first-order chi connectivity index (χ1) is 2.77. The lowest BCUT2D eigenvalue weighted by atomic mass is 11.6. The van der Waals surface area contributed by atoms with E-state index in [1.807, 2.05) is 0 Å². The third-order valence-corrected chi connectivity index (χ3v) is 0.279. The fraction of sp³-hybridized carbons (Fsp3) is 0. The van der Waals surface area contributed by atoms with Crippen LogP contribution in [0.15, 0.2) is 0 Å². The Labute approximate surface area is 47.0 Å². The Bertz CT molecular complexity index is 51.5. The fourth-order valence-corrected chi connectivity index (χ4v) is 0.100. The molecule has 4 nitrogen and oxygen atoms in total. The third-order valence-electron chi connectivity index (χ3n) is 0.0995. The minimum absolute atomic E-state index is 0.775. The van der Waals surface area contributed by atoms with Gasteiger partial charge in [0.2, 0.25) is 0 Å². The van der Waals surface area contributed by atoms with Crippen LogP contribution in [0, 0.1) is 0 Å². The number of hydrogen-bond donors (Lipinski definition) is 0. The van der Waals surface area contributed by atoms with E-state index in [1.165, 1.54) is 22.6 Å². The Morgan fingerprint density at radius 3 is 2.33 bits per heavy atom. The molecule has 0 aromatic heterocycles. The summed E-state index contributed by atoms with van der Waals surface area (Å²) in [6.07, 6.45) is 0. The molecule has 0 atom stereocenters. The van der Waals surface area contributed by atoms with Crippen molar-refractivity contribution in [3.05, 3.63) is 0 Å². The average molecular weight is 203 g/mol. The SMILES string of the molecule is O=C(I)OO[O-]. The minimum atomic E-state index is -0.775. The van der Waals surface area contributed by atoms with Crippen LogP contribution in [0.4, 0.5) is 4.79 Å². The van der Waals surface area contributed by atoms with E-state index in [0.717, 1.165) is 0 Å². The molecule has 0 aromatic rings. The summed E-state index contributed by atoms with van der Waals surface area (Å²) in [6.45, 7) is 0. The summed E-state index contributed by atoms with van der Waals surface area (Å²) >= 11 is 1.26. The number of carbonyl (C=O) groups is 1. The van der Waals surface area contributed by atoms with Crippen LogP contribution in [0.1, 0.15) is 0 Å². The van der Waals surface area contributed by atoms with E-state index >= 15 is 0 Å². The minimum Gasteiger partial charge on any atom is -0.681 e. The summed E-state index contributed by atoms with van der Waals surface area (Å²) in [5.41, 5.74) is 0. The second kappa shape index (κ2) is 3.32. The Hall–Kier alpha value is 0.120. The van der Waals surface area contributed by atoms with Gasteiger partial charge in [0.05, 0.1) is 22.6 Å². The fourth-order valence-electron chi connectivity index (χ4n) is 0.0267.